The topological polar surface area (TPSA) is 39.4 Å². The smallest absolute Gasteiger partial charge is 0.346 e. The second kappa shape index (κ2) is 13.2. The van der Waals surface area contributed by atoms with Crippen molar-refractivity contribution in [1.29, 1.82) is 0 Å². The van der Waals surface area contributed by atoms with Crippen LogP contribution in [-0.2, 0) is 6.42 Å². The van der Waals surface area contributed by atoms with Gasteiger partial charge in [0.25, 0.3) is 0 Å². The van der Waals surface area contributed by atoms with Crippen LogP contribution in [-0.4, -0.2) is 6.61 Å². The fourth-order valence-corrected chi connectivity index (χ4v) is 6.81. The van der Waals surface area contributed by atoms with Crippen LogP contribution in [0.3, 0.4) is 0 Å². The van der Waals surface area contributed by atoms with E-state index in [0.717, 1.165) is 57.3 Å². The molecule has 0 amide bonds. The Balaban J connectivity index is 1.16. The standard InChI is InChI=1S/C35H45FO3/c1-3-5-6-7-25-10-14-27(15-11-25)28-16-12-26(13-17-28)23-38-31-21-20-30-22-32(39-35(37)33(30)34(31)36)29-18-8-24(4-2)9-19-29/h10-11,14-15,20-22,24,26,28-29H,3-9,12-13,16-19,23H2,1-2H3. The summed E-state index contributed by atoms with van der Waals surface area (Å²) in [4.78, 5) is 12.8. The highest BCUT2D eigenvalue weighted by Crippen LogP contribution is 2.39. The van der Waals surface area contributed by atoms with E-state index in [4.69, 9.17) is 9.15 Å². The van der Waals surface area contributed by atoms with Gasteiger partial charge in [-0.05, 0) is 111 Å². The quantitative estimate of drug-likeness (QED) is 0.244. The molecule has 210 valence electrons. The normalized spacial score (nSPS) is 23.7. The predicted molar refractivity (Wildman–Crippen MR) is 157 cm³/mol. The van der Waals surface area contributed by atoms with Crippen molar-refractivity contribution in [1.82, 2.24) is 0 Å². The minimum atomic E-state index is -0.588. The molecule has 0 unspecified atom stereocenters. The summed E-state index contributed by atoms with van der Waals surface area (Å²) >= 11 is 0. The van der Waals surface area contributed by atoms with E-state index in [0.29, 0.717) is 29.6 Å². The molecule has 0 bridgehead atoms. The number of benzene rings is 2. The van der Waals surface area contributed by atoms with Gasteiger partial charge in [-0.15, -0.1) is 0 Å². The molecule has 3 nitrogen and oxygen atoms in total. The van der Waals surface area contributed by atoms with Crippen LogP contribution in [0.5, 0.6) is 5.75 Å². The molecule has 2 fully saturated rings. The van der Waals surface area contributed by atoms with Gasteiger partial charge in [0.05, 0.1) is 6.61 Å². The van der Waals surface area contributed by atoms with Crippen molar-refractivity contribution in [3.05, 3.63) is 75.6 Å². The molecule has 3 aromatic rings. The van der Waals surface area contributed by atoms with Gasteiger partial charge in [-0.1, -0.05) is 63.4 Å². The highest BCUT2D eigenvalue weighted by molar-refractivity contribution is 5.83. The Morgan fingerprint density at radius 2 is 1.54 bits per heavy atom. The Kier molecular flexibility index (Phi) is 9.42. The van der Waals surface area contributed by atoms with Crippen LogP contribution in [0, 0.1) is 17.7 Å². The van der Waals surface area contributed by atoms with Crippen molar-refractivity contribution >= 4 is 10.8 Å². The summed E-state index contributed by atoms with van der Waals surface area (Å²) in [5.74, 6) is 2.30. The third-order valence-electron chi connectivity index (χ3n) is 9.52. The van der Waals surface area contributed by atoms with E-state index < -0.39 is 11.4 Å². The maximum Gasteiger partial charge on any atom is 0.346 e. The fraction of sp³-hybridized carbons (Fsp3) is 0.571. The van der Waals surface area contributed by atoms with Crippen LogP contribution in [0.15, 0.2) is 51.7 Å². The van der Waals surface area contributed by atoms with Gasteiger partial charge in [-0.2, -0.15) is 0 Å². The Hall–Kier alpha value is -2.62. The highest BCUT2D eigenvalue weighted by atomic mass is 19.1. The first kappa shape index (κ1) is 27.9. The first-order valence-electron chi connectivity index (χ1n) is 15.5. The van der Waals surface area contributed by atoms with E-state index in [-0.39, 0.29) is 17.1 Å². The summed E-state index contributed by atoms with van der Waals surface area (Å²) in [5, 5.41) is 0.626. The first-order valence-corrected chi connectivity index (χ1v) is 15.5. The number of hydrogen-bond donors (Lipinski definition) is 0. The van der Waals surface area contributed by atoms with Crippen molar-refractivity contribution in [2.24, 2.45) is 11.8 Å². The second-order valence-corrected chi connectivity index (χ2v) is 12.1. The van der Waals surface area contributed by atoms with Gasteiger partial charge in [0.15, 0.2) is 11.6 Å². The molecular weight excluding hydrogens is 487 g/mol. The molecule has 4 heteroatoms. The van der Waals surface area contributed by atoms with Crippen LogP contribution < -0.4 is 10.4 Å². The second-order valence-electron chi connectivity index (χ2n) is 12.1. The number of rotatable bonds is 10. The summed E-state index contributed by atoms with van der Waals surface area (Å²) in [7, 11) is 0. The molecule has 1 heterocycles. The van der Waals surface area contributed by atoms with E-state index >= 15 is 4.39 Å². The molecule has 2 aliphatic carbocycles. The van der Waals surface area contributed by atoms with Crippen LogP contribution in [0.2, 0.25) is 0 Å². The van der Waals surface area contributed by atoms with E-state index in [2.05, 4.69) is 38.1 Å². The van der Waals surface area contributed by atoms with Gasteiger partial charge >= 0.3 is 5.63 Å². The van der Waals surface area contributed by atoms with Gasteiger partial charge < -0.3 is 9.15 Å². The third kappa shape index (κ3) is 6.76. The van der Waals surface area contributed by atoms with Crippen LogP contribution >= 0.6 is 0 Å². The number of hydrogen-bond acceptors (Lipinski definition) is 3. The molecule has 0 radical (unpaired) electrons. The lowest BCUT2D eigenvalue weighted by molar-refractivity contribution is 0.194. The van der Waals surface area contributed by atoms with Crippen LogP contribution in [0.25, 0.3) is 10.8 Å². The van der Waals surface area contributed by atoms with Crippen molar-refractivity contribution in [3.8, 4) is 5.75 Å². The number of aryl methyl sites for hydroxylation is 1. The van der Waals surface area contributed by atoms with Gasteiger partial charge in [-0.25, -0.2) is 9.18 Å². The van der Waals surface area contributed by atoms with Gasteiger partial charge in [0, 0.05) is 5.92 Å². The molecule has 39 heavy (non-hydrogen) atoms. The van der Waals surface area contributed by atoms with Crippen molar-refractivity contribution in [3.63, 3.8) is 0 Å². The summed E-state index contributed by atoms with van der Waals surface area (Å²) in [5.41, 5.74) is 2.30. The summed E-state index contributed by atoms with van der Waals surface area (Å²) in [6.07, 6.45) is 15.0. The third-order valence-corrected chi connectivity index (χ3v) is 9.52. The van der Waals surface area contributed by atoms with Crippen molar-refractivity contribution in [2.75, 3.05) is 6.61 Å². The molecule has 0 spiro atoms. The molecule has 0 N–H and O–H groups in total. The average Bonchev–Trinajstić information content (AvgIpc) is 2.97. The lowest BCUT2D eigenvalue weighted by atomic mass is 9.79. The van der Waals surface area contributed by atoms with E-state index in [1.165, 1.54) is 43.2 Å². The van der Waals surface area contributed by atoms with Gasteiger partial charge in [0.2, 0.25) is 0 Å². The number of halogens is 1. The predicted octanol–water partition coefficient (Wildman–Crippen LogP) is 9.70. The summed E-state index contributed by atoms with van der Waals surface area (Å²) < 4.78 is 27.0. The molecule has 2 aromatic carbocycles. The summed E-state index contributed by atoms with van der Waals surface area (Å²) in [6.45, 7) is 4.97. The number of fused-ring (bicyclic) bond motifs is 1. The molecule has 0 atom stereocenters. The number of unbranched alkanes of at least 4 members (excludes halogenated alkanes) is 2. The van der Waals surface area contributed by atoms with E-state index in [1.54, 1.807) is 6.07 Å². The summed E-state index contributed by atoms with van der Waals surface area (Å²) in [6, 6.07) is 14.6. The Morgan fingerprint density at radius 1 is 0.846 bits per heavy atom. The van der Waals surface area contributed by atoms with E-state index in [9.17, 15) is 4.79 Å². The largest absolute Gasteiger partial charge is 0.490 e. The average molecular weight is 533 g/mol. The zero-order valence-corrected chi connectivity index (χ0v) is 23.9. The Labute approximate surface area is 233 Å². The lowest BCUT2D eigenvalue weighted by Crippen LogP contribution is -2.20. The Morgan fingerprint density at radius 3 is 2.23 bits per heavy atom. The van der Waals surface area contributed by atoms with Crippen LogP contribution in [0.1, 0.15) is 120 Å². The minimum absolute atomic E-state index is 0.0142. The molecule has 2 aliphatic rings. The van der Waals surface area contributed by atoms with E-state index in [1.807, 2.05) is 12.1 Å². The van der Waals surface area contributed by atoms with Crippen molar-refractivity contribution in [2.45, 2.75) is 109 Å². The lowest BCUT2D eigenvalue weighted by Gasteiger charge is -2.29. The zero-order valence-electron chi connectivity index (χ0n) is 23.9. The molecule has 0 aliphatic heterocycles. The van der Waals surface area contributed by atoms with Crippen molar-refractivity contribution < 1.29 is 13.5 Å². The van der Waals surface area contributed by atoms with Gasteiger partial charge in [-0.3, -0.25) is 0 Å². The minimum Gasteiger partial charge on any atom is -0.490 e. The molecule has 1 aromatic heterocycles. The SMILES string of the molecule is CCCCCc1ccc(C2CCC(COc3ccc4cc(C5CCC(CC)CC5)oc(=O)c4c3F)CC2)cc1. The zero-order chi connectivity index (χ0) is 27.2. The number of ether oxygens (including phenoxy) is 1. The monoisotopic (exact) mass is 532 g/mol. The van der Waals surface area contributed by atoms with Gasteiger partial charge in [0.1, 0.15) is 11.1 Å². The highest BCUT2D eigenvalue weighted by Gasteiger charge is 2.26. The maximum absolute atomic E-state index is 15.4. The first-order chi connectivity index (χ1) is 19.1. The molecule has 0 saturated heterocycles. The fourth-order valence-electron chi connectivity index (χ4n) is 6.81. The molecular formula is C35H45FO3. The maximum atomic E-state index is 15.4. The molecule has 2 saturated carbocycles. The molecule has 5 rings (SSSR count). The van der Waals surface area contributed by atoms with Crippen LogP contribution in [0.4, 0.5) is 4.39 Å². The Bertz CT molecular complexity index is 1260.